The molecule has 1 amide bonds. The molecule has 0 bridgehead atoms. The number of alkyl halides is 6. The van der Waals surface area contributed by atoms with Crippen molar-refractivity contribution in [3.05, 3.63) is 34.2 Å². The number of halogens is 6. The molecular formula is C23H25F6N3O5S2. The summed E-state index contributed by atoms with van der Waals surface area (Å²) in [5.41, 5.74) is 0.315. The number of anilines is 2. The molecule has 0 aliphatic carbocycles. The molecule has 2 N–H and O–H groups in total. The zero-order valence-corrected chi connectivity index (χ0v) is 22.8. The van der Waals surface area contributed by atoms with Crippen LogP contribution in [0.1, 0.15) is 39.4 Å². The normalized spacial score (nSPS) is 11.5. The van der Waals surface area contributed by atoms with Gasteiger partial charge < -0.3 is 29.7 Å². The van der Waals surface area contributed by atoms with E-state index in [9.17, 15) is 35.9 Å². The lowest BCUT2D eigenvalue weighted by Crippen LogP contribution is -2.30. The molecule has 1 aromatic carbocycles. The quantitative estimate of drug-likeness (QED) is 0.194. The highest BCUT2D eigenvalue weighted by Crippen LogP contribution is 2.35. The van der Waals surface area contributed by atoms with Gasteiger partial charge in [-0.3, -0.25) is 4.79 Å². The predicted molar refractivity (Wildman–Crippen MR) is 137 cm³/mol. The highest BCUT2D eigenvalue weighted by molar-refractivity contribution is 7.80. The Morgan fingerprint density at radius 2 is 1.46 bits per heavy atom. The van der Waals surface area contributed by atoms with Gasteiger partial charge in [0.2, 0.25) is 0 Å². The van der Waals surface area contributed by atoms with Crippen molar-refractivity contribution >= 4 is 51.2 Å². The van der Waals surface area contributed by atoms with E-state index in [1.807, 2.05) is 0 Å². The molecule has 0 atom stereocenters. The van der Waals surface area contributed by atoms with Gasteiger partial charge in [0.1, 0.15) is 16.5 Å². The summed E-state index contributed by atoms with van der Waals surface area (Å²) < 4.78 is 89.7. The monoisotopic (exact) mass is 601 g/mol. The van der Waals surface area contributed by atoms with Crippen molar-refractivity contribution in [2.24, 2.45) is 0 Å². The summed E-state index contributed by atoms with van der Waals surface area (Å²) in [4.78, 5) is 27.2. The summed E-state index contributed by atoms with van der Waals surface area (Å²) in [5.74, 6) is -1.95. The maximum absolute atomic E-state index is 12.9. The predicted octanol–water partition coefficient (Wildman–Crippen LogP) is 6.02. The molecule has 0 spiro atoms. The van der Waals surface area contributed by atoms with E-state index in [0.29, 0.717) is 18.7 Å². The lowest BCUT2D eigenvalue weighted by Gasteiger charge is -2.18. The molecule has 0 saturated carbocycles. The second-order valence-electron chi connectivity index (χ2n) is 7.81. The van der Waals surface area contributed by atoms with Crippen molar-refractivity contribution in [1.29, 1.82) is 0 Å². The Morgan fingerprint density at radius 1 is 0.949 bits per heavy atom. The number of thiocarbonyl (C=S) groups is 1. The molecule has 0 unspecified atom stereocenters. The summed E-state index contributed by atoms with van der Waals surface area (Å²) in [7, 11) is 1.15. The van der Waals surface area contributed by atoms with E-state index in [1.54, 1.807) is 25.7 Å². The molecule has 8 nitrogen and oxygen atoms in total. The number of hydrogen-bond acceptors (Lipinski definition) is 7. The number of rotatable bonds is 10. The Hall–Kier alpha value is -3.27. The summed E-state index contributed by atoms with van der Waals surface area (Å²) in [6, 6.07) is 3.00. The van der Waals surface area contributed by atoms with Crippen LogP contribution in [0.3, 0.4) is 0 Å². The molecule has 0 aliphatic heterocycles. The molecule has 16 heteroatoms. The molecule has 2 aromatic rings. The van der Waals surface area contributed by atoms with Crippen LogP contribution in [0.5, 0.6) is 11.5 Å². The number of carbonyl (C=O) groups excluding carboxylic acids is 2. The molecule has 216 valence electrons. The van der Waals surface area contributed by atoms with Crippen LogP contribution in [0.25, 0.3) is 0 Å². The molecule has 0 fully saturated rings. The molecule has 39 heavy (non-hydrogen) atoms. The van der Waals surface area contributed by atoms with Crippen LogP contribution < -0.4 is 20.1 Å². The number of nitrogens with one attached hydrogen (secondary N) is 2. The molecular weight excluding hydrogens is 576 g/mol. The summed E-state index contributed by atoms with van der Waals surface area (Å²) in [6.07, 6.45) is -9.40. The highest BCUT2D eigenvalue weighted by Gasteiger charge is 2.30. The smallest absolute Gasteiger partial charge is 0.422 e. The Kier molecular flexibility index (Phi) is 10.8. The number of carbonyl (C=O) groups is 2. The number of ether oxygens (including phenoxy) is 3. The van der Waals surface area contributed by atoms with Gasteiger partial charge in [-0.05, 0) is 38.6 Å². The van der Waals surface area contributed by atoms with Crippen LogP contribution >= 0.6 is 23.6 Å². The fourth-order valence-corrected chi connectivity index (χ4v) is 4.67. The lowest BCUT2D eigenvalue weighted by atomic mass is 10.1. The summed E-state index contributed by atoms with van der Waals surface area (Å²) in [5, 5.41) is 5.30. The van der Waals surface area contributed by atoms with Crippen LogP contribution in [0.4, 0.5) is 37.0 Å². The number of amides is 1. The molecule has 0 radical (unpaired) electrons. The summed E-state index contributed by atoms with van der Waals surface area (Å²) in [6.45, 7) is 2.61. The third kappa shape index (κ3) is 9.45. The first-order valence-electron chi connectivity index (χ1n) is 11.2. The number of hydrogen-bond donors (Lipinski definition) is 2. The van der Waals surface area contributed by atoms with Crippen molar-refractivity contribution in [2.75, 3.05) is 44.0 Å². The minimum absolute atomic E-state index is 0.0404. The number of methoxy groups -OCH3 is 1. The van der Waals surface area contributed by atoms with Gasteiger partial charge in [0.25, 0.3) is 5.91 Å². The van der Waals surface area contributed by atoms with Crippen molar-refractivity contribution in [3.63, 3.8) is 0 Å². The van der Waals surface area contributed by atoms with Crippen LogP contribution in [-0.4, -0.2) is 67.7 Å². The van der Waals surface area contributed by atoms with Gasteiger partial charge in [0.15, 0.2) is 18.3 Å². The first-order chi connectivity index (χ1) is 18.1. The van der Waals surface area contributed by atoms with Gasteiger partial charge in [-0.15, -0.1) is 11.3 Å². The van der Waals surface area contributed by atoms with Gasteiger partial charge in [0.05, 0.1) is 17.6 Å². The minimum Gasteiger partial charge on any atom is -0.484 e. The van der Waals surface area contributed by atoms with Gasteiger partial charge in [-0.2, -0.15) is 26.3 Å². The lowest BCUT2D eigenvalue weighted by molar-refractivity contribution is -0.153. The Balaban J connectivity index is 2.36. The molecule has 0 aliphatic rings. The third-order valence-electron chi connectivity index (χ3n) is 4.95. The minimum atomic E-state index is -4.70. The van der Waals surface area contributed by atoms with Gasteiger partial charge >= 0.3 is 18.3 Å². The molecule has 1 aromatic heterocycles. The zero-order chi connectivity index (χ0) is 29.5. The van der Waals surface area contributed by atoms with Crippen LogP contribution in [0, 0.1) is 6.92 Å². The SMILES string of the molecule is CCN(CC)C(=O)c1sc(NC(=S)Nc2cc(OCC(F)(F)F)cc(OCC(F)(F)F)c2)c(C(=O)OC)c1C. The fraction of sp³-hybridized carbons (Fsp3) is 0.435. The van der Waals surface area contributed by atoms with E-state index in [-0.39, 0.29) is 32.1 Å². The Labute approximate surface area is 229 Å². The van der Waals surface area contributed by atoms with Crippen molar-refractivity contribution in [2.45, 2.75) is 33.1 Å². The number of benzene rings is 1. The van der Waals surface area contributed by atoms with Gasteiger partial charge in [0, 0.05) is 37.0 Å². The van der Waals surface area contributed by atoms with Crippen molar-refractivity contribution < 1.29 is 50.1 Å². The van der Waals surface area contributed by atoms with E-state index in [4.69, 9.17) is 17.0 Å². The largest absolute Gasteiger partial charge is 0.484 e. The number of esters is 1. The number of thiophene rings is 1. The molecule has 0 saturated heterocycles. The first-order valence-corrected chi connectivity index (χ1v) is 12.4. The third-order valence-corrected chi connectivity index (χ3v) is 6.35. The van der Waals surface area contributed by atoms with E-state index in [1.165, 1.54) is 0 Å². The highest BCUT2D eigenvalue weighted by atomic mass is 32.1. The van der Waals surface area contributed by atoms with Crippen LogP contribution in [0.15, 0.2) is 18.2 Å². The first kappa shape index (κ1) is 31.9. The van der Waals surface area contributed by atoms with E-state index in [0.717, 1.165) is 36.6 Å². The maximum Gasteiger partial charge on any atom is 0.422 e. The van der Waals surface area contributed by atoms with Crippen LogP contribution in [-0.2, 0) is 4.74 Å². The second kappa shape index (κ2) is 13.2. The Bertz CT molecular complexity index is 1160. The van der Waals surface area contributed by atoms with Gasteiger partial charge in [-0.25, -0.2) is 4.79 Å². The number of nitrogens with zero attached hydrogens (tertiary/aromatic N) is 1. The average molecular weight is 602 g/mol. The molecule has 1 heterocycles. The Morgan fingerprint density at radius 3 is 1.90 bits per heavy atom. The maximum atomic E-state index is 12.9. The standard InChI is InChI=1S/C23H25F6N3O5S2/c1-5-32(6-2)19(33)17-12(3)16(20(34)35-4)18(39-17)31-21(38)30-13-7-14(36-10-22(24,25)26)9-15(8-13)37-11-23(27,28)29/h7-9H,5-6,10-11H2,1-4H3,(H2,30,31,38). The summed E-state index contributed by atoms with van der Waals surface area (Å²) >= 11 is 6.18. The van der Waals surface area contributed by atoms with Crippen LogP contribution in [0.2, 0.25) is 0 Å². The average Bonchev–Trinajstić information content (AvgIpc) is 3.16. The topological polar surface area (TPSA) is 89.1 Å². The van der Waals surface area contributed by atoms with E-state index in [2.05, 4.69) is 20.1 Å². The van der Waals surface area contributed by atoms with Crippen molar-refractivity contribution in [1.82, 2.24) is 4.90 Å². The zero-order valence-electron chi connectivity index (χ0n) is 21.1. The fourth-order valence-electron chi connectivity index (χ4n) is 3.21. The van der Waals surface area contributed by atoms with E-state index >= 15 is 0 Å². The van der Waals surface area contributed by atoms with Gasteiger partial charge in [-0.1, -0.05) is 0 Å². The molecule has 2 rings (SSSR count). The van der Waals surface area contributed by atoms with E-state index < -0.39 is 43.0 Å². The van der Waals surface area contributed by atoms with Crippen molar-refractivity contribution in [3.8, 4) is 11.5 Å². The second-order valence-corrected chi connectivity index (χ2v) is 9.24.